The molecule has 0 aliphatic rings. The molecule has 94 valence electrons. The van der Waals surface area contributed by atoms with Crippen LogP contribution in [-0.2, 0) is 6.54 Å². The van der Waals surface area contributed by atoms with Crippen molar-refractivity contribution in [3.8, 4) is 0 Å². The van der Waals surface area contributed by atoms with Crippen molar-refractivity contribution < 1.29 is 4.79 Å². The van der Waals surface area contributed by atoms with Gasteiger partial charge >= 0.3 is 0 Å². The van der Waals surface area contributed by atoms with Crippen LogP contribution in [0.1, 0.15) is 24.2 Å². The van der Waals surface area contributed by atoms with Crippen molar-refractivity contribution in [1.29, 1.82) is 0 Å². The standard InChI is InChI=1S/C13H15N3O2/c1-3-14-12(17)10-8-9-6-5-7-15-11(9)16(4-2)13(10)18/h5-8H,3-4H2,1-2H3,(H,14,17). The number of nitrogens with one attached hydrogen (secondary N) is 1. The summed E-state index contributed by atoms with van der Waals surface area (Å²) in [6.07, 6.45) is 1.64. The molecule has 1 amide bonds. The van der Waals surface area contributed by atoms with Gasteiger partial charge in [-0.3, -0.25) is 14.2 Å². The number of hydrogen-bond donors (Lipinski definition) is 1. The maximum absolute atomic E-state index is 12.2. The molecule has 1 N–H and O–H groups in total. The highest BCUT2D eigenvalue weighted by Gasteiger charge is 2.14. The molecule has 5 heteroatoms. The Kier molecular flexibility index (Phi) is 3.41. The molecule has 0 aromatic carbocycles. The monoisotopic (exact) mass is 245 g/mol. The number of rotatable bonds is 3. The van der Waals surface area contributed by atoms with Crippen LogP contribution in [0.5, 0.6) is 0 Å². The minimum absolute atomic E-state index is 0.166. The lowest BCUT2D eigenvalue weighted by Crippen LogP contribution is -2.33. The molecule has 0 atom stereocenters. The second-order valence-corrected chi connectivity index (χ2v) is 3.88. The largest absolute Gasteiger partial charge is 0.352 e. The SMILES string of the molecule is CCNC(=O)c1cc2cccnc2n(CC)c1=O. The molecule has 0 aliphatic heterocycles. The summed E-state index contributed by atoms with van der Waals surface area (Å²) >= 11 is 0. The molecular formula is C13H15N3O2. The summed E-state index contributed by atoms with van der Waals surface area (Å²) in [5.41, 5.74) is 0.479. The average molecular weight is 245 g/mol. The summed E-state index contributed by atoms with van der Waals surface area (Å²) in [6.45, 7) is 4.66. The molecule has 18 heavy (non-hydrogen) atoms. The predicted octanol–water partition coefficient (Wildman–Crippen LogP) is 1.17. The summed E-state index contributed by atoms with van der Waals surface area (Å²) in [4.78, 5) is 28.2. The van der Waals surface area contributed by atoms with Crippen molar-refractivity contribution in [3.05, 3.63) is 40.3 Å². The van der Waals surface area contributed by atoms with Gasteiger partial charge in [-0.2, -0.15) is 0 Å². The Bertz CT molecular complexity index is 646. The van der Waals surface area contributed by atoms with E-state index >= 15 is 0 Å². The fraction of sp³-hybridized carbons (Fsp3) is 0.308. The third kappa shape index (κ3) is 1.99. The van der Waals surface area contributed by atoms with Gasteiger partial charge in [-0.05, 0) is 32.0 Å². The third-order valence-corrected chi connectivity index (χ3v) is 2.75. The Balaban J connectivity index is 2.73. The van der Waals surface area contributed by atoms with E-state index in [0.29, 0.717) is 18.7 Å². The molecule has 0 aliphatic carbocycles. The van der Waals surface area contributed by atoms with Crippen molar-refractivity contribution in [2.24, 2.45) is 0 Å². The number of carbonyl (C=O) groups is 1. The average Bonchev–Trinajstić information content (AvgIpc) is 2.38. The number of pyridine rings is 2. The lowest BCUT2D eigenvalue weighted by atomic mass is 10.2. The summed E-state index contributed by atoms with van der Waals surface area (Å²) in [7, 11) is 0. The summed E-state index contributed by atoms with van der Waals surface area (Å²) < 4.78 is 1.51. The molecule has 0 spiro atoms. The zero-order valence-electron chi connectivity index (χ0n) is 10.4. The second-order valence-electron chi connectivity index (χ2n) is 3.88. The van der Waals surface area contributed by atoms with E-state index in [1.807, 2.05) is 19.9 Å². The van der Waals surface area contributed by atoms with Gasteiger partial charge in [0.15, 0.2) is 0 Å². The summed E-state index contributed by atoms with van der Waals surface area (Å²) in [5, 5.41) is 3.44. The van der Waals surface area contributed by atoms with Crippen molar-refractivity contribution in [2.75, 3.05) is 6.54 Å². The Hall–Kier alpha value is -2.17. The number of nitrogens with zero attached hydrogens (tertiary/aromatic N) is 2. The molecule has 2 heterocycles. The van der Waals surface area contributed by atoms with E-state index in [1.165, 1.54) is 4.57 Å². The molecule has 0 saturated heterocycles. The van der Waals surface area contributed by atoms with Gasteiger partial charge in [0.05, 0.1) is 0 Å². The van der Waals surface area contributed by atoms with Crippen LogP contribution < -0.4 is 10.9 Å². The number of carbonyl (C=O) groups excluding carboxylic acids is 1. The van der Waals surface area contributed by atoms with E-state index in [1.54, 1.807) is 18.3 Å². The van der Waals surface area contributed by atoms with Crippen LogP contribution in [0.3, 0.4) is 0 Å². The molecule has 0 radical (unpaired) electrons. The fourth-order valence-corrected chi connectivity index (χ4v) is 1.92. The third-order valence-electron chi connectivity index (χ3n) is 2.75. The van der Waals surface area contributed by atoms with Gasteiger partial charge in [0, 0.05) is 24.7 Å². The highest BCUT2D eigenvalue weighted by molar-refractivity contribution is 5.96. The fourth-order valence-electron chi connectivity index (χ4n) is 1.92. The van der Waals surface area contributed by atoms with Crippen LogP contribution in [0.4, 0.5) is 0 Å². The Morgan fingerprint density at radius 3 is 2.89 bits per heavy atom. The topological polar surface area (TPSA) is 64.0 Å². The molecule has 2 aromatic heterocycles. The highest BCUT2D eigenvalue weighted by Crippen LogP contribution is 2.10. The van der Waals surface area contributed by atoms with Crippen LogP contribution in [0, 0.1) is 0 Å². The molecular weight excluding hydrogens is 230 g/mol. The van der Waals surface area contributed by atoms with Crippen molar-refractivity contribution >= 4 is 16.9 Å². The predicted molar refractivity (Wildman–Crippen MR) is 69.7 cm³/mol. The van der Waals surface area contributed by atoms with Gasteiger partial charge in [-0.25, -0.2) is 4.98 Å². The van der Waals surface area contributed by atoms with E-state index in [2.05, 4.69) is 10.3 Å². The van der Waals surface area contributed by atoms with E-state index < -0.39 is 0 Å². The first-order valence-corrected chi connectivity index (χ1v) is 5.95. The lowest BCUT2D eigenvalue weighted by molar-refractivity contribution is 0.0954. The number of hydrogen-bond acceptors (Lipinski definition) is 3. The molecule has 0 bridgehead atoms. The van der Waals surface area contributed by atoms with E-state index in [9.17, 15) is 9.59 Å². The van der Waals surface area contributed by atoms with Gasteiger partial charge in [0.25, 0.3) is 11.5 Å². The summed E-state index contributed by atoms with van der Waals surface area (Å²) in [5.74, 6) is -0.338. The zero-order valence-corrected chi connectivity index (χ0v) is 10.4. The van der Waals surface area contributed by atoms with E-state index in [4.69, 9.17) is 0 Å². The maximum Gasteiger partial charge on any atom is 0.265 e. The molecule has 0 unspecified atom stereocenters. The van der Waals surface area contributed by atoms with E-state index in [0.717, 1.165) is 5.39 Å². The van der Waals surface area contributed by atoms with Crippen molar-refractivity contribution in [2.45, 2.75) is 20.4 Å². The van der Waals surface area contributed by atoms with E-state index in [-0.39, 0.29) is 17.0 Å². The quantitative estimate of drug-likeness (QED) is 0.882. The van der Waals surface area contributed by atoms with Crippen LogP contribution in [-0.4, -0.2) is 22.0 Å². The first-order chi connectivity index (χ1) is 8.69. The number of amides is 1. The minimum Gasteiger partial charge on any atom is -0.352 e. The van der Waals surface area contributed by atoms with Crippen molar-refractivity contribution in [1.82, 2.24) is 14.9 Å². The number of aromatic nitrogens is 2. The highest BCUT2D eigenvalue weighted by atomic mass is 16.2. The second kappa shape index (κ2) is 5.00. The van der Waals surface area contributed by atoms with Crippen LogP contribution in [0.25, 0.3) is 11.0 Å². The van der Waals surface area contributed by atoms with Gasteiger partial charge in [-0.15, -0.1) is 0 Å². The number of fused-ring (bicyclic) bond motifs is 1. The van der Waals surface area contributed by atoms with Gasteiger partial charge in [-0.1, -0.05) is 0 Å². The Morgan fingerprint density at radius 2 is 2.22 bits per heavy atom. The lowest BCUT2D eigenvalue weighted by Gasteiger charge is -2.09. The smallest absolute Gasteiger partial charge is 0.265 e. The molecule has 2 rings (SSSR count). The van der Waals surface area contributed by atoms with Crippen LogP contribution in [0.2, 0.25) is 0 Å². The Labute approximate surface area is 104 Å². The first kappa shape index (κ1) is 12.3. The number of aryl methyl sites for hydroxylation is 1. The van der Waals surface area contributed by atoms with Gasteiger partial charge in [0.2, 0.25) is 0 Å². The maximum atomic E-state index is 12.2. The molecule has 5 nitrogen and oxygen atoms in total. The van der Waals surface area contributed by atoms with Crippen LogP contribution >= 0.6 is 0 Å². The zero-order chi connectivity index (χ0) is 13.1. The normalized spacial score (nSPS) is 10.6. The first-order valence-electron chi connectivity index (χ1n) is 5.95. The summed E-state index contributed by atoms with van der Waals surface area (Å²) in [6, 6.07) is 5.23. The molecule has 0 saturated carbocycles. The molecule has 0 fully saturated rings. The Morgan fingerprint density at radius 1 is 1.44 bits per heavy atom. The van der Waals surface area contributed by atoms with Gasteiger partial charge < -0.3 is 5.32 Å². The van der Waals surface area contributed by atoms with Crippen molar-refractivity contribution in [3.63, 3.8) is 0 Å². The van der Waals surface area contributed by atoms with Crippen LogP contribution in [0.15, 0.2) is 29.2 Å². The van der Waals surface area contributed by atoms with Gasteiger partial charge in [0.1, 0.15) is 11.2 Å². The molecule has 2 aromatic rings. The minimum atomic E-state index is -0.338.